The lowest BCUT2D eigenvalue weighted by molar-refractivity contribution is -0.0294. The van der Waals surface area contributed by atoms with Crippen molar-refractivity contribution >= 4 is 23.7 Å². The van der Waals surface area contributed by atoms with Crippen LogP contribution >= 0.6 is 11.6 Å². The van der Waals surface area contributed by atoms with Crippen LogP contribution in [0.25, 0.3) is 0 Å². The van der Waals surface area contributed by atoms with E-state index in [9.17, 15) is 9.59 Å². The topological polar surface area (TPSA) is 79.5 Å². The van der Waals surface area contributed by atoms with Crippen molar-refractivity contribution in [3.05, 3.63) is 34.9 Å². The minimum Gasteiger partial charge on any atom is -0.444 e. The van der Waals surface area contributed by atoms with Gasteiger partial charge in [0.05, 0.1) is 0 Å². The Kier molecular flexibility index (Phi) is 5.56. The van der Waals surface area contributed by atoms with Gasteiger partial charge >= 0.3 is 12.1 Å². The first-order valence-corrected chi connectivity index (χ1v) is 9.79. The highest BCUT2D eigenvalue weighted by Gasteiger charge is 2.53. The van der Waals surface area contributed by atoms with Crippen LogP contribution < -0.4 is 16.0 Å². The van der Waals surface area contributed by atoms with Gasteiger partial charge in [0.2, 0.25) is 0 Å². The standard InChI is InChI=1S/C20H28ClN3O3/c1-19(2,3)27-18(26)24-16-10-20(11-16)8-15(9-20)23-17(25)22-12-13-4-6-14(21)7-5-13/h4-7,15-16H,8-12H2,1-3H3,(H,24,26)(H2,22,23,25). The Balaban J connectivity index is 1.31. The SMILES string of the molecule is CC(C)(C)OC(=O)NC1CC2(CC(NC(=O)NCc3ccc(Cl)cc3)C2)C1. The summed E-state index contributed by atoms with van der Waals surface area (Å²) in [6.07, 6.45) is 3.49. The molecule has 0 atom stereocenters. The molecule has 6 nitrogen and oxygen atoms in total. The van der Waals surface area contributed by atoms with Gasteiger partial charge in [0.15, 0.2) is 0 Å². The predicted molar refractivity (Wildman–Crippen MR) is 105 cm³/mol. The number of amides is 3. The summed E-state index contributed by atoms with van der Waals surface area (Å²) >= 11 is 5.85. The zero-order valence-corrected chi connectivity index (χ0v) is 16.9. The second kappa shape index (κ2) is 7.58. The van der Waals surface area contributed by atoms with Crippen LogP contribution in [0.5, 0.6) is 0 Å². The molecule has 1 aromatic carbocycles. The zero-order valence-electron chi connectivity index (χ0n) is 16.1. The van der Waals surface area contributed by atoms with Crippen LogP contribution in [0, 0.1) is 5.41 Å². The molecule has 0 radical (unpaired) electrons. The summed E-state index contributed by atoms with van der Waals surface area (Å²) in [5.41, 5.74) is 0.805. The highest BCUT2D eigenvalue weighted by atomic mass is 35.5. The number of nitrogens with one attached hydrogen (secondary N) is 3. The maximum Gasteiger partial charge on any atom is 0.407 e. The molecule has 0 bridgehead atoms. The number of ether oxygens (including phenoxy) is 1. The molecular formula is C20H28ClN3O3. The molecular weight excluding hydrogens is 366 g/mol. The minimum atomic E-state index is -0.476. The predicted octanol–water partition coefficient (Wildman–Crippen LogP) is 3.98. The summed E-state index contributed by atoms with van der Waals surface area (Å²) in [5.74, 6) is 0. The van der Waals surface area contributed by atoms with E-state index in [0.29, 0.717) is 11.6 Å². The smallest absolute Gasteiger partial charge is 0.407 e. The van der Waals surface area contributed by atoms with Crippen molar-refractivity contribution < 1.29 is 14.3 Å². The molecule has 3 amide bonds. The number of urea groups is 1. The number of hydrogen-bond acceptors (Lipinski definition) is 3. The molecule has 0 saturated heterocycles. The van der Waals surface area contributed by atoms with Crippen LogP contribution in [-0.2, 0) is 11.3 Å². The first-order chi connectivity index (χ1) is 12.6. The number of halogens is 1. The van der Waals surface area contributed by atoms with Gasteiger partial charge in [0.1, 0.15) is 5.60 Å². The van der Waals surface area contributed by atoms with Gasteiger partial charge < -0.3 is 20.7 Å². The molecule has 2 aliphatic carbocycles. The highest BCUT2D eigenvalue weighted by molar-refractivity contribution is 6.30. The second-order valence-corrected chi connectivity index (χ2v) is 9.25. The van der Waals surface area contributed by atoms with E-state index in [0.717, 1.165) is 31.2 Å². The fourth-order valence-electron chi connectivity index (χ4n) is 4.00. The summed E-state index contributed by atoms with van der Waals surface area (Å²) in [5, 5.41) is 9.50. The lowest BCUT2D eigenvalue weighted by Crippen LogP contribution is -2.62. The highest BCUT2D eigenvalue weighted by Crippen LogP contribution is 2.55. The van der Waals surface area contributed by atoms with Gasteiger partial charge in [0.25, 0.3) is 0 Å². The third-order valence-electron chi connectivity index (χ3n) is 5.14. The van der Waals surface area contributed by atoms with E-state index in [1.54, 1.807) is 0 Å². The van der Waals surface area contributed by atoms with Crippen LogP contribution in [0.3, 0.4) is 0 Å². The summed E-state index contributed by atoms with van der Waals surface area (Å²) < 4.78 is 5.28. The van der Waals surface area contributed by atoms with Crippen LogP contribution in [0.2, 0.25) is 5.02 Å². The van der Waals surface area contributed by atoms with Crippen molar-refractivity contribution in [1.29, 1.82) is 0 Å². The molecule has 0 heterocycles. The van der Waals surface area contributed by atoms with Crippen LogP contribution in [-0.4, -0.2) is 29.8 Å². The summed E-state index contributed by atoms with van der Waals surface area (Å²) in [6, 6.07) is 7.65. The lowest BCUT2D eigenvalue weighted by atomic mass is 9.52. The van der Waals surface area contributed by atoms with Crippen molar-refractivity contribution in [1.82, 2.24) is 16.0 Å². The average Bonchev–Trinajstić information content (AvgIpc) is 2.48. The average molecular weight is 394 g/mol. The Morgan fingerprint density at radius 1 is 1.07 bits per heavy atom. The van der Waals surface area contributed by atoms with Crippen LogP contribution in [0.1, 0.15) is 52.0 Å². The maximum atomic E-state index is 12.0. The Bertz CT molecular complexity index is 685. The minimum absolute atomic E-state index is 0.146. The van der Waals surface area contributed by atoms with E-state index in [1.165, 1.54) is 0 Å². The number of rotatable bonds is 4. The Morgan fingerprint density at radius 2 is 1.63 bits per heavy atom. The third-order valence-corrected chi connectivity index (χ3v) is 5.39. The van der Waals surface area contributed by atoms with Crippen LogP contribution in [0.4, 0.5) is 9.59 Å². The summed E-state index contributed by atoms with van der Waals surface area (Å²) in [7, 11) is 0. The first kappa shape index (κ1) is 19.8. The molecule has 7 heteroatoms. The molecule has 1 spiro atoms. The van der Waals surface area contributed by atoms with Crippen molar-refractivity contribution in [3.8, 4) is 0 Å². The number of alkyl carbamates (subject to hydrolysis) is 1. The van der Waals surface area contributed by atoms with E-state index in [1.807, 2.05) is 45.0 Å². The fraction of sp³-hybridized carbons (Fsp3) is 0.600. The molecule has 3 rings (SSSR count). The molecule has 3 N–H and O–H groups in total. The van der Waals surface area contributed by atoms with E-state index in [4.69, 9.17) is 16.3 Å². The zero-order chi connectivity index (χ0) is 19.7. The van der Waals surface area contributed by atoms with Crippen LogP contribution in [0.15, 0.2) is 24.3 Å². The lowest BCUT2D eigenvalue weighted by Gasteiger charge is -2.57. The molecule has 1 aromatic rings. The second-order valence-electron chi connectivity index (χ2n) is 8.81. The van der Waals surface area contributed by atoms with Crippen molar-refractivity contribution in [2.75, 3.05) is 0 Å². The third kappa shape index (κ3) is 5.51. The monoisotopic (exact) mass is 393 g/mol. The van der Waals surface area contributed by atoms with Gasteiger partial charge in [-0.05, 0) is 69.6 Å². The van der Waals surface area contributed by atoms with E-state index in [2.05, 4.69) is 16.0 Å². The summed E-state index contributed by atoms with van der Waals surface area (Å²) in [4.78, 5) is 23.8. The van der Waals surface area contributed by atoms with Gasteiger partial charge in [-0.15, -0.1) is 0 Å². The Morgan fingerprint density at radius 3 is 2.19 bits per heavy atom. The van der Waals surface area contributed by atoms with Gasteiger partial charge in [-0.3, -0.25) is 0 Å². The molecule has 2 aliphatic rings. The van der Waals surface area contributed by atoms with Gasteiger partial charge in [-0.2, -0.15) is 0 Å². The fourth-order valence-corrected chi connectivity index (χ4v) is 4.13. The summed E-state index contributed by atoms with van der Waals surface area (Å²) in [6.45, 7) is 6.04. The first-order valence-electron chi connectivity index (χ1n) is 9.41. The molecule has 0 aliphatic heterocycles. The normalized spacial score (nSPS) is 26.5. The molecule has 0 aromatic heterocycles. The van der Waals surface area contributed by atoms with Gasteiger partial charge in [0, 0.05) is 23.7 Å². The molecule has 148 valence electrons. The number of carbonyl (C=O) groups is 2. The van der Waals surface area contributed by atoms with E-state index >= 15 is 0 Å². The molecule has 27 heavy (non-hydrogen) atoms. The van der Waals surface area contributed by atoms with E-state index in [-0.39, 0.29) is 29.6 Å². The molecule has 2 saturated carbocycles. The largest absolute Gasteiger partial charge is 0.444 e. The van der Waals surface area contributed by atoms with Gasteiger partial charge in [-0.25, -0.2) is 9.59 Å². The molecule has 0 unspecified atom stereocenters. The maximum absolute atomic E-state index is 12.0. The number of carbonyl (C=O) groups excluding carboxylic acids is 2. The van der Waals surface area contributed by atoms with E-state index < -0.39 is 5.60 Å². The Hall–Kier alpha value is -1.95. The van der Waals surface area contributed by atoms with Crippen molar-refractivity contribution in [2.24, 2.45) is 5.41 Å². The quantitative estimate of drug-likeness (QED) is 0.723. The number of hydrogen-bond donors (Lipinski definition) is 3. The van der Waals surface area contributed by atoms with Crippen molar-refractivity contribution in [2.45, 2.75) is 70.7 Å². The van der Waals surface area contributed by atoms with Crippen molar-refractivity contribution in [3.63, 3.8) is 0 Å². The van der Waals surface area contributed by atoms with Gasteiger partial charge in [-0.1, -0.05) is 23.7 Å². The Labute approximate surface area is 165 Å². The number of benzene rings is 1. The molecule has 2 fully saturated rings.